The summed E-state index contributed by atoms with van der Waals surface area (Å²) in [6.45, 7) is 6.40. The number of hydrogen-bond acceptors (Lipinski definition) is 5. The Kier molecular flexibility index (Phi) is 11.5. The Labute approximate surface area is 187 Å². The molecular formula is C18H31F3IN7. The topological polar surface area (TPSA) is 77.5 Å². The lowest BCUT2D eigenvalue weighted by atomic mass is 10.0. The van der Waals surface area contributed by atoms with E-state index in [1.54, 1.807) is 7.05 Å². The third-order valence-corrected chi connectivity index (χ3v) is 4.63. The molecule has 0 radical (unpaired) electrons. The Bertz CT molecular complexity index is 620. The standard InChI is InChI=1S/C18H30F3N7.HI/c1-3-4-11-28-12-6-14(7-13-28)26-16(22-2)24-9-10-25-17-23-8-5-15(27-17)18(19,20)21;/h5,8,14H,3-4,6-7,9-13H2,1-2H3,(H2,22,24,26)(H,23,25,27);1H. The number of alkyl halides is 3. The first-order valence-electron chi connectivity index (χ1n) is 9.76. The van der Waals surface area contributed by atoms with E-state index in [2.05, 4.69) is 42.7 Å². The molecule has 0 amide bonds. The van der Waals surface area contributed by atoms with E-state index in [9.17, 15) is 13.2 Å². The number of guanidine groups is 1. The van der Waals surface area contributed by atoms with E-state index < -0.39 is 11.9 Å². The SMILES string of the molecule is CCCCN1CCC(NC(=NC)NCCNc2nccc(C(F)(F)F)n2)CC1.I. The first kappa shape index (κ1) is 25.7. The number of nitrogens with one attached hydrogen (secondary N) is 3. The van der Waals surface area contributed by atoms with Crippen LogP contribution in [0.4, 0.5) is 19.1 Å². The average Bonchev–Trinajstić information content (AvgIpc) is 2.69. The number of unbranched alkanes of at least 4 members (excludes halogenated alkanes) is 1. The first-order chi connectivity index (χ1) is 13.4. The van der Waals surface area contributed by atoms with Gasteiger partial charge in [0.25, 0.3) is 0 Å². The molecule has 0 saturated carbocycles. The number of nitrogens with zero attached hydrogens (tertiary/aromatic N) is 4. The summed E-state index contributed by atoms with van der Waals surface area (Å²) in [7, 11) is 1.70. The fourth-order valence-electron chi connectivity index (χ4n) is 3.03. The van der Waals surface area contributed by atoms with E-state index in [4.69, 9.17) is 0 Å². The smallest absolute Gasteiger partial charge is 0.355 e. The molecule has 0 aliphatic carbocycles. The van der Waals surface area contributed by atoms with Crippen LogP contribution in [0.2, 0.25) is 0 Å². The van der Waals surface area contributed by atoms with E-state index in [0.29, 0.717) is 25.1 Å². The predicted octanol–water partition coefficient (Wildman–Crippen LogP) is 2.95. The Morgan fingerprint density at radius 3 is 2.62 bits per heavy atom. The van der Waals surface area contributed by atoms with Gasteiger partial charge in [0, 0.05) is 45.5 Å². The quantitative estimate of drug-likeness (QED) is 0.208. The van der Waals surface area contributed by atoms with Crippen molar-refractivity contribution < 1.29 is 13.2 Å². The molecule has 1 aliphatic heterocycles. The zero-order valence-corrected chi connectivity index (χ0v) is 19.3. The van der Waals surface area contributed by atoms with Gasteiger partial charge in [-0.25, -0.2) is 9.97 Å². The summed E-state index contributed by atoms with van der Waals surface area (Å²) in [5.41, 5.74) is -0.958. The van der Waals surface area contributed by atoms with Crippen LogP contribution in [0.25, 0.3) is 0 Å². The van der Waals surface area contributed by atoms with Crippen molar-refractivity contribution in [2.45, 2.75) is 44.8 Å². The minimum atomic E-state index is -4.48. The third kappa shape index (κ3) is 9.32. The van der Waals surface area contributed by atoms with Crippen LogP contribution in [0, 0.1) is 0 Å². The number of rotatable bonds is 8. The normalized spacial score (nSPS) is 16.2. The van der Waals surface area contributed by atoms with Crippen LogP contribution in [-0.4, -0.2) is 66.6 Å². The van der Waals surface area contributed by atoms with Gasteiger partial charge in [-0.15, -0.1) is 24.0 Å². The number of aromatic nitrogens is 2. The molecule has 0 atom stereocenters. The summed E-state index contributed by atoms with van der Waals surface area (Å²) in [4.78, 5) is 14.0. The van der Waals surface area contributed by atoms with Gasteiger partial charge in [-0.05, 0) is 31.9 Å². The predicted molar refractivity (Wildman–Crippen MR) is 120 cm³/mol. The van der Waals surface area contributed by atoms with Crippen LogP contribution in [0.5, 0.6) is 0 Å². The van der Waals surface area contributed by atoms with Gasteiger partial charge < -0.3 is 20.9 Å². The maximum absolute atomic E-state index is 12.7. The Morgan fingerprint density at radius 2 is 2.00 bits per heavy atom. The van der Waals surface area contributed by atoms with Crippen molar-refractivity contribution in [1.82, 2.24) is 25.5 Å². The second kappa shape index (κ2) is 13.0. The lowest BCUT2D eigenvalue weighted by Crippen LogP contribution is -2.49. The molecule has 1 aliphatic rings. The molecule has 0 bridgehead atoms. The van der Waals surface area contributed by atoms with Gasteiger partial charge in [0.1, 0.15) is 5.69 Å². The second-order valence-electron chi connectivity index (χ2n) is 6.80. The highest BCUT2D eigenvalue weighted by Crippen LogP contribution is 2.27. The van der Waals surface area contributed by atoms with E-state index in [0.717, 1.165) is 38.2 Å². The van der Waals surface area contributed by atoms with Gasteiger partial charge >= 0.3 is 6.18 Å². The van der Waals surface area contributed by atoms with E-state index in [1.807, 2.05) is 0 Å². The van der Waals surface area contributed by atoms with Gasteiger partial charge in [-0.2, -0.15) is 13.2 Å². The monoisotopic (exact) mass is 529 g/mol. The maximum Gasteiger partial charge on any atom is 0.433 e. The average molecular weight is 529 g/mol. The molecule has 0 spiro atoms. The number of likely N-dealkylation sites (tertiary alicyclic amines) is 1. The number of hydrogen-bond donors (Lipinski definition) is 3. The van der Waals surface area contributed by atoms with Crippen molar-refractivity contribution in [2.75, 3.05) is 45.1 Å². The minimum absolute atomic E-state index is 0. The summed E-state index contributed by atoms with van der Waals surface area (Å²) in [6.07, 6.45) is 1.22. The van der Waals surface area contributed by atoms with Gasteiger partial charge in [0.05, 0.1) is 0 Å². The number of aliphatic imine (C=N–C) groups is 1. The summed E-state index contributed by atoms with van der Waals surface area (Å²) in [6, 6.07) is 1.23. The van der Waals surface area contributed by atoms with Crippen molar-refractivity contribution in [2.24, 2.45) is 4.99 Å². The highest BCUT2D eigenvalue weighted by atomic mass is 127. The largest absolute Gasteiger partial charge is 0.433 e. The van der Waals surface area contributed by atoms with Crippen molar-refractivity contribution >= 4 is 35.9 Å². The van der Waals surface area contributed by atoms with Crippen molar-refractivity contribution in [1.29, 1.82) is 0 Å². The summed E-state index contributed by atoms with van der Waals surface area (Å²) >= 11 is 0. The molecule has 1 fully saturated rings. The highest BCUT2D eigenvalue weighted by molar-refractivity contribution is 14.0. The van der Waals surface area contributed by atoms with Gasteiger partial charge in [-0.1, -0.05) is 13.3 Å². The summed E-state index contributed by atoms with van der Waals surface area (Å²) in [5.74, 6) is 0.651. The number of piperidine rings is 1. The van der Waals surface area contributed by atoms with Gasteiger partial charge in [-0.3, -0.25) is 4.99 Å². The van der Waals surface area contributed by atoms with E-state index in [-0.39, 0.29) is 29.9 Å². The lowest BCUT2D eigenvalue weighted by molar-refractivity contribution is -0.141. The first-order valence-corrected chi connectivity index (χ1v) is 9.76. The highest BCUT2D eigenvalue weighted by Gasteiger charge is 2.32. The Hall–Kier alpha value is -1.37. The fourth-order valence-corrected chi connectivity index (χ4v) is 3.03. The van der Waals surface area contributed by atoms with Crippen LogP contribution in [0.3, 0.4) is 0 Å². The number of halogens is 4. The van der Waals surface area contributed by atoms with Gasteiger partial charge in [0.2, 0.25) is 5.95 Å². The van der Waals surface area contributed by atoms with Crippen molar-refractivity contribution in [3.63, 3.8) is 0 Å². The van der Waals surface area contributed by atoms with Crippen LogP contribution in [-0.2, 0) is 6.18 Å². The van der Waals surface area contributed by atoms with Crippen molar-refractivity contribution in [3.8, 4) is 0 Å². The number of anilines is 1. The Balaban J connectivity index is 0.00000420. The molecule has 7 nitrogen and oxygen atoms in total. The molecule has 29 heavy (non-hydrogen) atoms. The van der Waals surface area contributed by atoms with Crippen LogP contribution < -0.4 is 16.0 Å². The molecule has 166 valence electrons. The molecule has 1 aromatic rings. The molecule has 0 aromatic carbocycles. The van der Waals surface area contributed by atoms with Crippen LogP contribution in [0.15, 0.2) is 17.3 Å². The van der Waals surface area contributed by atoms with Crippen molar-refractivity contribution in [3.05, 3.63) is 18.0 Å². The third-order valence-electron chi connectivity index (χ3n) is 4.63. The molecule has 2 rings (SSSR count). The summed E-state index contributed by atoms with van der Waals surface area (Å²) in [5, 5.41) is 9.37. The minimum Gasteiger partial charge on any atom is -0.355 e. The lowest BCUT2D eigenvalue weighted by Gasteiger charge is -2.33. The molecule has 1 saturated heterocycles. The van der Waals surface area contributed by atoms with Gasteiger partial charge in [0.15, 0.2) is 5.96 Å². The summed E-state index contributed by atoms with van der Waals surface area (Å²) < 4.78 is 38.0. The van der Waals surface area contributed by atoms with E-state index in [1.165, 1.54) is 19.4 Å². The zero-order valence-electron chi connectivity index (χ0n) is 16.9. The molecule has 11 heteroatoms. The molecule has 0 unspecified atom stereocenters. The second-order valence-corrected chi connectivity index (χ2v) is 6.80. The molecular weight excluding hydrogens is 498 g/mol. The molecule has 3 N–H and O–H groups in total. The maximum atomic E-state index is 12.7. The molecule has 2 heterocycles. The van der Waals surface area contributed by atoms with Crippen LogP contribution in [0.1, 0.15) is 38.3 Å². The zero-order chi connectivity index (χ0) is 20.4. The van der Waals surface area contributed by atoms with E-state index >= 15 is 0 Å². The molecule has 1 aromatic heterocycles. The fraction of sp³-hybridized carbons (Fsp3) is 0.722. The Morgan fingerprint density at radius 1 is 1.28 bits per heavy atom. The van der Waals surface area contributed by atoms with Crippen LogP contribution >= 0.6 is 24.0 Å².